The highest BCUT2D eigenvalue weighted by Gasteiger charge is 2.27. The number of para-hydroxylation sites is 1. The molecule has 0 aliphatic carbocycles. The van der Waals surface area contributed by atoms with Crippen LogP contribution < -0.4 is 4.74 Å². The van der Waals surface area contributed by atoms with Gasteiger partial charge in [0, 0.05) is 37.8 Å². The van der Waals surface area contributed by atoms with E-state index in [1.54, 1.807) is 7.11 Å². The van der Waals surface area contributed by atoms with Crippen LogP contribution in [0.1, 0.15) is 31.2 Å². The zero-order chi connectivity index (χ0) is 17.5. The Morgan fingerprint density at radius 2 is 2.00 bits per heavy atom. The number of rotatable bonds is 6. The molecule has 1 amide bonds. The highest BCUT2D eigenvalue weighted by atomic mass is 16.5. The van der Waals surface area contributed by atoms with E-state index >= 15 is 0 Å². The first-order valence-corrected chi connectivity index (χ1v) is 9.49. The molecule has 5 nitrogen and oxygen atoms in total. The Kier molecular flexibility index (Phi) is 6.70. The van der Waals surface area contributed by atoms with Crippen LogP contribution in [0.2, 0.25) is 0 Å². The van der Waals surface area contributed by atoms with Gasteiger partial charge in [0.15, 0.2) is 0 Å². The van der Waals surface area contributed by atoms with E-state index < -0.39 is 0 Å². The molecule has 0 bridgehead atoms. The van der Waals surface area contributed by atoms with Crippen LogP contribution in [-0.4, -0.2) is 68.3 Å². The molecule has 138 valence electrons. The first-order chi connectivity index (χ1) is 12.3. The van der Waals surface area contributed by atoms with Gasteiger partial charge in [0.1, 0.15) is 5.75 Å². The number of hydrogen-bond acceptors (Lipinski definition) is 4. The van der Waals surface area contributed by atoms with Crippen LogP contribution in [-0.2, 0) is 16.0 Å². The maximum absolute atomic E-state index is 12.9. The number of carbonyl (C=O) groups excluding carboxylic acids is 1. The molecule has 2 aliphatic rings. The summed E-state index contributed by atoms with van der Waals surface area (Å²) in [4.78, 5) is 17.5. The van der Waals surface area contributed by atoms with Crippen molar-refractivity contribution in [3.8, 4) is 5.75 Å². The maximum atomic E-state index is 12.9. The second-order valence-corrected chi connectivity index (χ2v) is 6.97. The number of ether oxygens (including phenoxy) is 2. The molecule has 1 unspecified atom stereocenters. The lowest BCUT2D eigenvalue weighted by atomic mass is 9.97. The lowest BCUT2D eigenvalue weighted by molar-refractivity contribution is -0.134. The highest BCUT2D eigenvalue weighted by Crippen LogP contribution is 2.24. The van der Waals surface area contributed by atoms with E-state index in [1.165, 1.54) is 6.42 Å². The van der Waals surface area contributed by atoms with Gasteiger partial charge in [-0.25, -0.2) is 0 Å². The zero-order valence-corrected chi connectivity index (χ0v) is 15.3. The zero-order valence-electron chi connectivity index (χ0n) is 15.3. The first kappa shape index (κ1) is 18.2. The number of amides is 1. The molecule has 25 heavy (non-hydrogen) atoms. The van der Waals surface area contributed by atoms with E-state index in [0.29, 0.717) is 12.5 Å². The minimum atomic E-state index is 0.233. The largest absolute Gasteiger partial charge is 0.496 e. The molecule has 0 aromatic heterocycles. The number of piperidine rings is 1. The topological polar surface area (TPSA) is 42.0 Å². The Bertz CT molecular complexity index is 558. The third-order valence-corrected chi connectivity index (χ3v) is 5.36. The lowest BCUT2D eigenvalue weighted by Crippen LogP contribution is -2.46. The summed E-state index contributed by atoms with van der Waals surface area (Å²) in [6.07, 6.45) is 4.97. The van der Waals surface area contributed by atoms with Crippen molar-refractivity contribution in [1.82, 2.24) is 9.80 Å². The van der Waals surface area contributed by atoms with E-state index in [2.05, 4.69) is 9.80 Å². The number of methoxy groups -OCH3 is 1. The SMILES string of the molecule is COc1ccccc1CC(=O)N1CCCCC1CCN1CCOCC1. The molecule has 2 aliphatic heterocycles. The number of morpholine rings is 1. The summed E-state index contributed by atoms with van der Waals surface area (Å²) >= 11 is 0. The van der Waals surface area contributed by atoms with Crippen LogP contribution in [0.3, 0.4) is 0 Å². The van der Waals surface area contributed by atoms with Crippen LogP contribution in [0.5, 0.6) is 5.75 Å². The normalized spacial score (nSPS) is 22.0. The Hall–Kier alpha value is -1.59. The number of carbonyl (C=O) groups is 1. The molecular formula is C20H30N2O3. The average molecular weight is 346 g/mol. The standard InChI is InChI=1S/C20H30N2O3/c1-24-19-8-3-2-6-17(19)16-20(23)22-10-5-4-7-18(22)9-11-21-12-14-25-15-13-21/h2-3,6,8,18H,4-5,7,9-16H2,1H3. The van der Waals surface area contributed by atoms with Crippen molar-refractivity contribution in [2.45, 2.75) is 38.1 Å². The number of nitrogens with zero attached hydrogens (tertiary/aromatic N) is 2. The third kappa shape index (κ3) is 4.95. The van der Waals surface area contributed by atoms with E-state index in [0.717, 1.165) is 70.0 Å². The van der Waals surface area contributed by atoms with Crippen LogP contribution in [0.25, 0.3) is 0 Å². The van der Waals surface area contributed by atoms with Gasteiger partial charge in [-0.2, -0.15) is 0 Å². The highest BCUT2D eigenvalue weighted by molar-refractivity contribution is 5.80. The summed E-state index contributed by atoms with van der Waals surface area (Å²) in [6.45, 7) is 5.65. The molecule has 2 heterocycles. The van der Waals surface area contributed by atoms with E-state index in [1.807, 2.05) is 24.3 Å². The van der Waals surface area contributed by atoms with Crippen molar-refractivity contribution >= 4 is 5.91 Å². The van der Waals surface area contributed by atoms with E-state index in [4.69, 9.17) is 9.47 Å². The van der Waals surface area contributed by atoms with Gasteiger partial charge >= 0.3 is 0 Å². The smallest absolute Gasteiger partial charge is 0.227 e. The quantitative estimate of drug-likeness (QED) is 0.793. The Morgan fingerprint density at radius 1 is 1.20 bits per heavy atom. The van der Waals surface area contributed by atoms with Gasteiger partial charge in [-0.05, 0) is 31.7 Å². The number of hydrogen-bond donors (Lipinski definition) is 0. The fourth-order valence-electron chi connectivity index (χ4n) is 3.90. The van der Waals surface area contributed by atoms with Gasteiger partial charge < -0.3 is 14.4 Å². The Balaban J connectivity index is 1.58. The average Bonchev–Trinajstić information content (AvgIpc) is 2.68. The van der Waals surface area contributed by atoms with Crippen molar-refractivity contribution in [3.63, 3.8) is 0 Å². The second-order valence-electron chi connectivity index (χ2n) is 6.97. The van der Waals surface area contributed by atoms with Crippen molar-refractivity contribution in [1.29, 1.82) is 0 Å². The molecule has 0 radical (unpaired) electrons. The summed E-state index contributed by atoms with van der Waals surface area (Å²) in [5.41, 5.74) is 0.979. The van der Waals surface area contributed by atoms with Crippen molar-refractivity contribution < 1.29 is 14.3 Å². The predicted octanol–water partition coefficient (Wildman–Crippen LogP) is 2.34. The first-order valence-electron chi connectivity index (χ1n) is 9.49. The lowest BCUT2D eigenvalue weighted by Gasteiger charge is -2.37. The Labute approximate surface area is 150 Å². The number of benzene rings is 1. The maximum Gasteiger partial charge on any atom is 0.227 e. The predicted molar refractivity (Wildman–Crippen MR) is 97.9 cm³/mol. The monoisotopic (exact) mass is 346 g/mol. The molecule has 1 atom stereocenters. The molecular weight excluding hydrogens is 316 g/mol. The summed E-state index contributed by atoms with van der Waals surface area (Å²) in [5, 5.41) is 0. The van der Waals surface area contributed by atoms with Crippen molar-refractivity contribution in [2.75, 3.05) is 46.5 Å². The van der Waals surface area contributed by atoms with Gasteiger partial charge in [0.2, 0.25) is 5.91 Å². The van der Waals surface area contributed by atoms with Gasteiger partial charge in [-0.1, -0.05) is 18.2 Å². The fourth-order valence-corrected chi connectivity index (χ4v) is 3.90. The summed E-state index contributed by atoms with van der Waals surface area (Å²) in [5.74, 6) is 1.04. The molecule has 3 rings (SSSR count). The minimum Gasteiger partial charge on any atom is -0.496 e. The summed E-state index contributed by atoms with van der Waals surface area (Å²) in [7, 11) is 1.66. The van der Waals surface area contributed by atoms with Crippen molar-refractivity contribution in [3.05, 3.63) is 29.8 Å². The van der Waals surface area contributed by atoms with Crippen LogP contribution in [0, 0.1) is 0 Å². The molecule has 5 heteroatoms. The summed E-state index contributed by atoms with van der Waals surface area (Å²) in [6, 6.07) is 8.20. The molecule has 0 spiro atoms. The molecule has 2 saturated heterocycles. The molecule has 0 saturated carbocycles. The van der Waals surface area contributed by atoms with Crippen molar-refractivity contribution in [2.24, 2.45) is 0 Å². The van der Waals surface area contributed by atoms with E-state index in [-0.39, 0.29) is 5.91 Å². The fraction of sp³-hybridized carbons (Fsp3) is 0.650. The minimum absolute atomic E-state index is 0.233. The van der Waals surface area contributed by atoms with Gasteiger partial charge in [-0.15, -0.1) is 0 Å². The molecule has 2 fully saturated rings. The molecule has 1 aromatic rings. The van der Waals surface area contributed by atoms with Gasteiger partial charge in [-0.3, -0.25) is 9.69 Å². The molecule has 1 aromatic carbocycles. The van der Waals surface area contributed by atoms with Crippen LogP contribution in [0.15, 0.2) is 24.3 Å². The Morgan fingerprint density at radius 3 is 2.80 bits per heavy atom. The second kappa shape index (κ2) is 9.20. The van der Waals surface area contributed by atoms with E-state index in [9.17, 15) is 4.79 Å². The van der Waals surface area contributed by atoms with Gasteiger partial charge in [0.05, 0.1) is 26.7 Å². The molecule has 0 N–H and O–H groups in total. The third-order valence-electron chi connectivity index (χ3n) is 5.36. The van der Waals surface area contributed by atoms with Crippen LogP contribution in [0.4, 0.5) is 0 Å². The summed E-state index contributed by atoms with van der Waals surface area (Å²) < 4.78 is 10.8. The number of likely N-dealkylation sites (tertiary alicyclic amines) is 1. The van der Waals surface area contributed by atoms with Crippen LogP contribution >= 0.6 is 0 Å². The van der Waals surface area contributed by atoms with Gasteiger partial charge in [0.25, 0.3) is 0 Å².